The van der Waals surface area contributed by atoms with Crippen molar-refractivity contribution < 1.29 is 9.47 Å². The maximum absolute atomic E-state index is 5.87. The molecule has 3 heteroatoms. The second-order valence-electron chi connectivity index (χ2n) is 4.76. The number of hydrogen-bond donors (Lipinski definition) is 1. The van der Waals surface area contributed by atoms with E-state index in [2.05, 4.69) is 23.5 Å². The van der Waals surface area contributed by atoms with E-state index >= 15 is 0 Å². The van der Waals surface area contributed by atoms with Crippen LogP contribution in [0.4, 0.5) is 0 Å². The Kier molecular flexibility index (Phi) is 5.02. The van der Waals surface area contributed by atoms with Crippen molar-refractivity contribution in [3.8, 4) is 5.75 Å². The molecule has 0 saturated heterocycles. The lowest BCUT2D eigenvalue weighted by molar-refractivity contribution is 0.188. The van der Waals surface area contributed by atoms with Gasteiger partial charge in [0.15, 0.2) is 0 Å². The van der Waals surface area contributed by atoms with Crippen LogP contribution in [0.25, 0.3) is 0 Å². The molecule has 0 aliphatic carbocycles. The predicted octanol–water partition coefficient (Wildman–Crippen LogP) is 2.70. The number of hydrogen-bond acceptors (Lipinski definition) is 3. The highest BCUT2D eigenvalue weighted by Gasteiger charge is 2.19. The van der Waals surface area contributed by atoms with Crippen LogP contribution in [-0.4, -0.2) is 27.4 Å². The molecule has 3 nitrogen and oxygen atoms in total. The molecule has 1 aliphatic rings. The van der Waals surface area contributed by atoms with Crippen LogP contribution in [0.1, 0.15) is 36.4 Å². The van der Waals surface area contributed by atoms with Gasteiger partial charge in [-0.1, -0.05) is 18.2 Å². The highest BCUT2D eigenvalue weighted by Crippen LogP contribution is 2.34. The molecule has 1 heterocycles. The maximum atomic E-state index is 5.87. The summed E-state index contributed by atoms with van der Waals surface area (Å²) in [5, 5.41) is 3.39. The molecule has 0 fully saturated rings. The molecule has 2 rings (SSSR count). The standard InChI is InChI=1S/C15H23NO2/c1-16-14(9-5-10-17-2)13-8-3-6-12-7-4-11-18-15(12)13/h3,6,8,14,16H,4-5,7,9-11H2,1-2H3. The lowest BCUT2D eigenvalue weighted by atomic mass is 9.95. The van der Waals surface area contributed by atoms with Crippen LogP contribution < -0.4 is 10.1 Å². The van der Waals surface area contributed by atoms with Crippen LogP contribution in [0.5, 0.6) is 5.75 Å². The molecule has 1 aromatic rings. The molecule has 0 spiro atoms. The van der Waals surface area contributed by atoms with Gasteiger partial charge >= 0.3 is 0 Å². The van der Waals surface area contributed by atoms with Gasteiger partial charge in [0.05, 0.1) is 6.61 Å². The van der Waals surface area contributed by atoms with Crippen molar-refractivity contribution in [2.75, 3.05) is 27.4 Å². The van der Waals surface area contributed by atoms with Crippen molar-refractivity contribution in [1.29, 1.82) is 0 Å². The van der Waals surface area contributed by atoms with Crippen LogP contribution in [-0.2, 0) is 11.2 Å². The van der Waals surface area contributed by atoms with E-state index in [1.807, 2.05) is 7.05 Å². The first-order valence-electron chi connectivity index (χ1n) is 6.77. The predicted molar refractivity (Wildman–Crippen MR) is 73.2 cm³/mol. The molecular formula is C15H23NO2. The number of rotatable bonds is 6. The Balaban J connectivity index is 2.14. The summed E-state index contributed by atoms with van der Waals surface area (Å²) >= 11 is 0. The molecule has 0 amide bonds. The van der Waals surface area contributed by atoms with Gasteiger partial charge in [0.25, 0.3) is 0 Å². The van der Waals surface area contributed by atoms with Crippen molar-refractivity contribution in [1.82, 2.24) is 5.32 Å². The minimum Gasteiger partial charge on any atom is -0.493 e. The van der Waals surface area contributed by atoms with Gasteiger partial charge in [-0.15, -0.1) is 0 Å². The summed E-state index contributed by atoms with van der Waals surface area (Å²) in [5.41, 5.74) is 2.65. The van der Waals surface area contributed by atoms with Gasteiger partial charge in [-0.2, -0.15) is 0 Å². The Labute approximate surface area is 109 Å². The Morgan fingerprint density at radius 2 is 2.33 bits per heavy atom. The normalized spacial score (nSPS) is 15.9. The zero-order valence-corrected chi connectivity index (χ0v) is 11.4. The third-order valence-corrected chi connectivity index (χ3v) is 3.53. The summed E-state index contributed by atoms with van der Waals surface area (Å²) < 4.78 is 11.0. The minimum absolute atomic E-state index is 0.355. The minimum atomic E-state index is 0.355. The molecule has 18 heavy (non-hydrogen) atoms. The van der Waals surface area contributed by atoms with Gasteiger partial charge in [-0.05, 0) is 38.3 Å². The highest BCUT2D eigenvalue weighted by molar-refractivity contribution is 5.44. The topological polar surface area (TPSA) is 30.5 Å². The Morgan fingerprint density at radius 3 is 3.11 bits per heavy atom. The number of fused-ring (bicyclic) bond motifs is 1. The van der Waals surface area contributed by atoms with Crippen molar-refractivity contribution >= 4 is 0 Å². The quantitative estimate of drug-likeness (QED) is 0.786. The molecule has 100 valence electrons. The van der Waals surface area contributed by atoms with E-state index in [0.717, 1.165) is 44.6 Å². The van der Waals surface area contributed by atoms with Crippen molar-refractivity contribution in [2.24, 2.45) is 0 Å². The summed E-state index contributed by atoms with van der Waals surface area (Å²) in [6.07, 6.45) is 4.40. The largest absolute Gasteiger partial charge is 0.493 e. The smallest absolute Gasteiger partial charge is 0.127 e. The first kappa shape index (κ1) is 13.4. The second kappa shape index (κ2) is 6.76. The number of nitrogens with one attached hydrogen (secondary N) is 1. The molecule has 1 aromatic carbocycles. The molecule has 0 bridgehead atoms. The summed E-state index contributed by atoms with van der Waals surface area (Å²) in [6.45, 7) is 1.66. The fourth-order valence-electron chi connectivity index (χ4n) is 2.58. The van der Waals surface area contributed by atoms with Crippen molar-refractivity contribution in [2.45, 2.75) is 31.7 Å². The Hall–Kier alpha value is -1.06. The highest BCUT2D eigenvalue weighted by atomic mass is 16.5. The number of ether oxygens (including phenoxy) is 2. The first-order chi connectivity index (χ1) is 8.86. The third-order valence-electron chi connectivity index (χ3n) is 3.53. The van der Waals surface area contributed by atoms with Crippen LogP contribution >= 0.6 is 0 Å². The van der Waals surface area contributed by atoms with Crippen molar-refractivity contribution in [3.63, 3.8) is 0 Å². The monoisotopic (exact) mass is 249 g/mol. The van der Waals surface area contributed by atoms with Crippen LogP contribution in [0.2, 0.25) is 0 Å². The molecule has 1 atom stereocenters. The van der Waals surface area contributed by atoms with Crippen LogP contribution in [0.3, 0.4) is 0 Å². The molecular weight excluding hydrogens is 226 g/mol. The lowest BCUT2D eigenvalue weighted by Crippen LogP contribution is -2.20. The molecule has 1 unspecified atom stereocenters. The number of benzene rings is 1. The molecule has 1 aliphatic heterocycles. The zero-order chi connectivity index (χ0) is 12.8. The number of methoxy groups -OCH3 is 1. The van der Waals surface area contributed by atoms with Crippen LogP contribution in [0.15, 0.2) is 18.2 Å². The fourth-order valence-corrected chi connectivity index (χ4v) is 2.58. The van der Waals surface area contributed by atoms with Crippen LogP contribution in [0, 0.1) is 0 Å². The van der Waals surface area contributed by atoms with Gasteiger partial charge in [0.2, 0.25) is 0 Å². The van der Waals surface area contributed by atoms with Crippen molar-refractivity contribution in [3.05, 3.63) is 29.3 Å². The van der Waals surface area contributed by atoms with E-state index < -0.39 is 0 Å². The zero-order valence-electron chi connectivity index (χ0n) is 11.4. The average molecular weight is 249 g/mol. The lowest BCUT2D eigenvalue weighted by Gasteiger charge is -2.25. The molecule has 1 N–H and O–H groups in total. The second-order valence-corrected chi connectivity index (χ2v) is 4.76. The first-order valence-corrected chi connectivity index (χ1v) is 6.77. The van der Waals surface area contributed by atoms with Gasteiger partial charge in [0, 0.05) is 25.3 Å². The molecule has 0 aromatic heterocycles. The summed E-state index contributed by atoms with van der Waals surface area (Å²) in [7, 11) is 3.77. The van der Waals surface area contributed by atoms with Gasteiger partial charge < -0.3 is 14.8 Å². The maximum Gasteiger partial charge on any atom is 0.127 e. The molecule has 0 radical (unpaired) electrons. The van der Waals surface area contributed by atoms with E-state index in [9.17, 15) is 0 Å². The number of para-hydroxylation sites is 1. The van der Waals surface area contributed by atoms with Gasteiger partial charge in [0.1, 0.15) is 5.75 Å². The van der Waals surface area contributed by atoms with E-state index in [-0.39, 0.29) is 0 Å². The SMILES string of the molecule is CNC(CCCOC)c1cccc2c1OCCC2. The Morgan fingerprint density at radius 1 is 1.44 bits per heavy atom. The summed E-state index contributed by atoms with van der Waals surface area (Å²) in [4.78, 5) is 0. The van der Waals surface area contributed by atoms with E-state index in [1.54, 1.807) is 7.11 Å². The number of aryl methyl sites for hydroxylation is 1. The van der Waals surface area contributed by atoms with Gasteiger partial charge in [-0.3, -0.25) is 0 Å². The Bertz CT molecular complexity index is 379. The van der Waals surface area contributed by atoms with E-state index in [1.165, 1.54) is 11.1 Å². The molecule has 0 saturated carbocycles. The van der Waals surface area contributed by atoms with E-state index in [4.69, 9.17) is 9.47 Å². The average Bonchev–Trinajstić information content (AvgIpc) is 2.43. The summed E-state index contributed by atoms with van der Waals surface area (Å²) in [6, 6.07) is 6.86. The van der Waals surface area contributed by atoms with E-state index in [0.29, 0.717) is 6.04 Å². The third kappa shape index (κ3) is 3.03. The summed E-state index contributed by atoms with van der Waals surface area (Å²) in [5.74, 6) is 1.11. The fraction of sp³-hybridized carbons (Fsp3) is 0.600. The van der Waals surface area contributed by atoms with Gasteiger partial charge in [-0.25, -0.2) is 0 Å².